The van der Waals surface area contributed by atoms with Crippen molar-refractivity contribution in [3.8, 4) is 0 Å². The maximum absolute atomic E-state index is 11.4. The second kappa shape index (κ2) is 6.98. The van der Waals surface area contributed by atoms with E-state index < -0.39 is 0 Å². The fraction of sp³-hybridized carbons (Fsp3) is 0.364. The Labute approximate surface area is 105 Å². The molecular formula is C11H16ClN3O2. The molecule has 94 valence electrons. The molecule has 0 saturated heterocycles. The third kappa shape index (κ3) is 4.50. The lowest BCUT2D eigenvalue weighted by Gasteiger charge is -2.10. The van der Waals surface area contributed by atoms with Crippen molar-refractivity contribution in [3.05, 3.63) is 23.2 Å². The van der Waals surface area contributed by atoms with Crippen molar-refractivity contribution in [1.82, 2.24) is 5.32 Å². The van der Waals surface area contributed by atoms with E-state index in [1.165, 1.54) is 0 Å². The van der Waals surface area contributed by atoms with E-state index in [1.54, 1.807) is 25.3 Å². The highest BCUT2D eigenvalue weighted by Crippen LogP contribution is 2.26. The van der Waals surface area contributed by atoms with E-state index in [0.29, 0.717) is 29.5 Å². The maximum Gasteiger partial charge on any atom is 0.239 e. The molecule has 4 N–H and O–H groups in total. The molecule has 0 radical (unpaired) electrons. The zero-order valence-electron chi connectivity index (χ0n) is 9.63. The number of rotatable bonds is 6. The van der Waals surface area contributed by atoms with Crippen LogP contribution in [0.2, 0.25) is 5.02 Å². The van der Waals surface area contributed by atoms with E-state index in [4.69, 9.17) is 22.1 Å². The number of hydrogen-bond acceptors (Lipinski definition) is 4. The summed E-state index contributed by atoms with van der Waals surface area (Å²) >= 11 is 5.85. The molecular weight excluding hydrogens is 242 g/mol. The molecule has 0 fully saturated rings. The standard InChI is InChI=1S/C11H16ClN3O2/c1-17-6-5-14-10(16)7-15-9-4-2-3-8(12)11(9)13/h2-4,15H,5-7,13H2,1H3,(H,14,16). The van der Waals surface area contributed by atoms with Gasteiger partial charge in [0.15, 0.2) is 0 Å². The van der Waals surface area contributed by atoms with Crippen LogP contribution in [0.5, 0.6) is 0 Å². The average Bonchev–Trinajstić information content (AvgIpc) is 2.31. The van der Waals surface area contributed by atoms with Crippen molar-refractivity contribution in [1.29, 1.82) is 0 Å². The lowest BCUT2D eigenvalue weighted by Crippen LogP contribution is -2.32. The van der Waals surface area contributed by atoms with Gasteiger partial charge < -0.3 is 21.1 Å². The number of carbonyl (C=O) groups excluding carboxylic acids is 1. The minimum atomic E-state index is -0.124. The lowest BCUT2D eigenvalue weighted by molar-refractivity contribution is -0.119. The molecule has 0 bridgehead atoms. The predicted molar refractivity (Wildman–Crippen MR) is 69.2 cm³/mol. The molecule has 0 unspecified atom stereocenters. The lowest BCUT2D eigenvalue weighted by atomic mass is 10.2. The molecule has 1 rings (SSSR count). The third-order valence-corrected chi connectivity index (χ3v) is 2.45. The molecule has 0 spiro atoms. The van der Waals surface area contributed by atoms with Crippen LogP contribution in [0, 0.1) is 0 Å². The van der Waals surface area contributed by atoms with Crippen molar-refractivity contribution < 1.29 is 9.53 Å². The highest BCUT2D eigenvalue weighted by atomic mass is 35.5. The SMILES string of the molecule is COCCNC(=O)CNc1cccc(Cl)c1N. The van der Waals surface area contributed by atoms with E-state index in [1.807, 2.05) is 0 Å². The topological polar surface area (TPSA) is 76.4 Å². The monoisotopic (exact) mass is 257 g/mol. The Hall–Kier alpha value is -1.46. The van der Waals surface area contributed by atoms with Gasteiger partial charge in [-0.05, 0) is 12.1 Å². The number of benzene rings is 1. The first kappa shape index (κ1) is 13.6. The molecule has 1 aromatic carbocycles. The van der Waals surface area contributed by atoms with E-state index in [0.717, 1.165) is 0 Å². The van der Waals surface area contributed by atoms with Crippen molar-refractivity contribution in [2.24, 2.45) is 0 Å². The van der Waals surface area contributed by atoms with Gasteiger partial charge in [0.25, 0.3) is 0 Å². The summed E-state index contributed by atoms with van der Waals surface area (Å²) in [7, 11) is 1.58. The maximum atomic E-state index is 11.4. The van der Waals surface area contributed by atoms with Gasteiger partial charge >= 0.3 is 0 Å². The highest BCUT2D eigenvalue weighted by molar-refractivity contribution is 6.33. The normalized spacial score (nSPS) is 10.0. The van der Waals surface area contributed by atoms with Crippen molar-refractivity contribution >= 4 is 28.9 Å². The summed E-state index contributed by atoms with van der Waals surface area (Å²) in [5.41, 5.74) is 6.84. The number of nitrogen functional groups attached to an aromatic ring is 1. The summed E-state index contributed by atoms with van der Waals surface area (Å²) < 4.78 is 4.82. The number of anilines is 2. The largest absolute Gasteiger partial charge is 0.396 e. The van der Waals surface area contributed by atoms with Gasteiger partial charge in [-0.2, -0.15) is 0 Å². The Kier molecular flexibility index (Phi) is 5.59. The number of nitrogens with one attached hydrogen (secondary N) is 2. The molecule has 0 aromatic heterocycles. The highest BCUT2D eigenvalue weighted by Gasteiger charge is 2.04. The quantitative estimate of drug-likeness (QED) is 0.527. The van der Waals surface area contributed by atoms with Crippen LogP contribution in [0.15, 0.2) is 18.2 Å². The molecule has 1 aromatic rings. The van der Waals surface area contributed by atoms with Crippen molar-refractivity contribution in [2.75, 3.05) is 37.9 Å². The molecule has 0 aliphatic heterocycles. The van der Waals surface area contributed by atoms with Gasteiger partial charge in [-0.15, -0.1) is 0 Å². The van der Waals surface area contributed by atoms with Crippen LogP contribution in [-0.4, -0.2) is 32.7 Å². The van der Waals surface area contributed by atoms with Gasteiger partial charge in [0.1, 0.15) is 0 Å². The van der Waals surface area contributed by atoms with Gasteiger partial charge in [-0.3, -0.25) is 4.79 Å². The van der Waals surface area contributed by atoms with Crippen molar-refractivity contribution in [3.63, 3.8) is 0 Å². The first-order valence-electron chi connectivity index (χ1n) is 5.18. The van der Waals surface area contributed by atoms with Gasteiger partial charge in [0, 0.05) is 13.7 Å². The zero-order valence-corrected chi connectivity index (χ0v) is 10.4. The average molecular weight is 258 g/mol. The van der Waals surface area contributed by atoms with Crippen LogP contribution < -0.4 is 16.4 Å². The predicted octanol–water partition coefficient (Wildman–Crippen LogP) is 1.10. The Balaban J connectivity index is 2.39. The number of halogens is 1. The van der Waals surface area contributed by atoms with Crippen LogP contribution in [0.3, 0.4) is 0 Å². The number of methoxy groups -OCH3 is 1. The van der Waals surface area contributed by atoms with Gasteiger partial charge in [-0.25, -0.2) is 0 Å². The fourth-order valence-electron chi connectivity index (χ4n) is 1.22. The van der Waals surface area contributed by atoms with Crippen LogP contribution >= 0.6 is 11.6 Å². The van der Waals surface area contributed by atoms with Crippen LogP contribution in [0.4, 0.5) is 11.4 Å². The summed E-state index contributed by atoms with van der Waals surface area (Å²) in [6.07, 6.45) is 0. The number of ether oxygens (including phenoxy) is 1. The molecule has 6 heteroatoms. The summed E-state index contributed by atoms with van der Waals surface area (Å²) in [6.45, 7) is 1.13. The zero-order chi connectivity index (χ0) is 12.7. The Morgan fingerprint density at radius 3 is 3.00 bits per heavy atom. The molecule has 0 atom stereocenters. The number of nitrogens with two attached hydrogens (primary N) is 1. The molecule has 0 aliphatic carbocycles. The van der Waals surface area contributed by atoms with Crippen molar-refractivity contribution in [2.45, 2.75) is 0 Å². The smallest absolute Gasteiger partial charge is 0.239 e. The second-order valence-electron chi connectivity index (χ2n) is 3.40. The number of hydrogen-bond donors (Lipinski definition) is 3. The Bertz CT molecular complexity index is 385. The summed E-state index contributed by atoms with van der Waals surface area (Å²) in [6, 6.07) is 5.23. The summed E-state index contributed by atoms with van der Waals surface area (Å²) in [5.74, 6) is -0.124. The number of carbonyl (C=O) groups is 1. The number of para-hydroxylation sites is 1. The van der Waals surface area contributed by atoms with Gasteiger partial charge in [-0.1, -0.05) is 17.7 Å². The molecule has 17 heavy (non-hydrogen) atoms. The van der Waals surface area contributed by atoms with Crippen LogP contribution in [0.1, 0.15) is 0 Å². The Morgan fingerprint density at radius 1 is 1.53 bits per heavy atom. The molecule has 0 heterocycles. The van der Waals surface area contributed by atoms with Gasteiger partial charge in [0.05, 0.1) is 29.5 Å². The minimum Gasteiger partial charge on any atom is -0.396 e. The second-order valence-corrected chi connectivity index (χ2v) is 3.80. The Morgan fingerprint density at radius 2 is 2.29 bits per heavy atom. The fourth-order valence-corrected chi connectivity index (χ4v) is 1.40. The van der Waals surface area contributed by atoms with E-state index >= 15 is 0 Å². The van der Waals surface area contributed by atoms with E-state index in [-0.39, 0.29) is 12.5 Å². The van der Waals surface area contributed by atoms with Crippen LogP contribution in [-0.2, 0) is 9.53 Å². The molecule has 5 nitrogen and oxygen atoms in total. The van der Waals surface area contributed by atoms with E-state index in [2.05, 4.69) is 10.6 Å². The van der Waals surface area contributed by atoms with Gasteiger partial charge in [0.2, 0.25) is 5.91 Å². The third-order valence-electron chi connectivity index (χ3n) is 2.12. The van der Waals surface area contributed by atoms with E-state index in [9.17, 15) is 4.79 Å². The molecule has 1 amide bonds. The summed E-state index contributed by atoms with van der Waals surface area (Å²) in [5, 5.41) is 6.07. The molecule has 0 saturated carbocycles. The molecule has 0 aliphatic rings. The first-order valence-corrected chi connectivity index (χ1v) is 5.56. The van der Waals surface area contributed by atoms with Crippen LogP contribution in [0.25, 0.3) is 0 Å². The number of amides is 1. The first-order chi connectivity index (χ1) is 8.15. The minimum absolute atomic E-state index is 0.124. The summed E-state index contributed by atoms with van der Waals surface area (Å²) in [4.78, 5) is 11.4.